The lowest BCUT2D eigenvalue weighted by molar-refractivity contribution is 0.0945. The number of benzene rings is 2. The van der Waals surface area contributed by atoms with Gasteiger partial charge in [-0.3, -0.25) is 4.79 Å². The summed E-state index contributed by atoms with van der Waals surface area (Å²) in [6.07, 6.45) is 1.59. The van der Waals surface area contributed by atoms with Crippen molar-refractivity contribution in [2.24, 2.45) is 0 Å². The highest BCUT2D eigenvalue weighted by Crippen LogP contribution is 2.09. The van der Waals surface area contributed by atoms with Gasteiger partial charge >= 0.3 is 0 Å². The van der Waals surface area contributed by atoms with E-state index in [-0.39, 0.29) is 18.2 Å². The predicted molar refractivity (Wildman–Crippen MR) is 84.9 cm³/mol. The lowest BCUT2D eigenvalue weighted by Gasteiger charge is -2.07. The maximum Gasteiger partial charge on any atom is 0.273 e. The molecule has 0 aliphatic carbocycles. The summed E-state index contributed by atoms with van der Waals surface area (Å²) < 4.78 is 1.55. The molecule has 23 heavy (non-hydrogen) atoms. The number of carbonyl (C=O) groups is 1. The van der Waals surface area contributed by atoms with Gasteiger partial charge in [0.05, 0.1) is 18.5 Å². The number of hydrogen-bond acceptors (Lipinski definition) is 4. The molecule has 6 nitrogen and oxygen atoms in total. The first-order chi connectivity index (χ1) is 11.3. The first kappa shape index (κ1) is 14.9. The van der Waals surface area contributed by atoms with Crippen LogP contribution >= 0.6 is 0 Å². The van der Waals surface area contributed by atoms with Gasteiger partial charge in [0.25, 0.3) is 5.91 Å². The molecule has 0 spiro atoms. The average Bonchev–Trinajstić information content (AvgIpc) is 3.11. The maximum absolute atomic E-state index is 12.2. The number of rotatable bonds is 5. The van der Waals surface area contributed by atoms with Gasteiger partial charge in [-0.15, -0.1) is 5.10 Å². The number of carbonyl (C=O) groups excluding carboxylic acids is 1. The second kappa shape index (κ2) is 6.85. The minimum atomic E-state index is -0.306. The van der Waals surface area contributed by atoms with Gasteiger partial charge < -0.3 is 10.4 Å². The quantitative estimate of drug-likeness (QED) is 0.751. The Labute approximate surface area is 133 Å². The topological polar surface area (TPSA) is 80.0 Å². The van der Waals surface area contributed by atoms with Gasteiger partial charge in [0.2, 0.25) is 0 Å². The van der Waals surface area contributed by atoms with Gasteiger partial charge in [0.1, 0.15) is 0 Å². The lowest BCUT2D eigenvalue weighted by atomic mass is 10.1. The van der Waals surface area contributed by atoms with Gasteiger partial charge in [0.15, 0.2) is 5.69 Å². The Morgan fingerprint density at radius 3 is 2.48 bits per heavy atom. The third-order valence-corrected chi connectivity index (χ3v) is 3.47. The number of aromatic nitrogens is 3. The van der Waals surface area contributed by atoms with Gasteiger partial charge in [-0.05, 0) is 23.3 Å². The van der Waals surface area contributed by atoms with Gasteiger partial charge in [-0.1, -0.05) is 47.7 Å². The molecule has 1 amide bonds. The Kier molecular flexibility index (Phi) is 4.44. The van der Waals surface area contributed by atoms with E-state index >= 15 is 0 Å². The Balaban J connectivity index is 1.68. The molecule has 0 radical (unpaired) electrons. The van der Waals surface area contributed by atoms with Crippen LogP contribution in [-0.2, 0) is 13.2 Å². The third kappa shape index (κ3) is 3.44. The van der Waals surface area contributed by atoms with E-state index in [0.29, 0.717) is 6.54 Å². The van der Waals surface area contributed by atoms with E-state index in [9.17, 15) is 9.90 Å². The predicted octanol–water partition coefficient (Wildman–Crippen LogP) is 1.69. The van der Waals surface area contributed by atoms with E-state index in [0.717, 1.165) is 16.8 Å². The van der Waals surface area contributed by atoms with Crippen molar-refractivity contribution in [2.75, 3.05) is 0 Å². The van der Waals surface area contributed by atoms with Crippen LogP contribution in [0.4, 0.5) is 0 Å². The fourth-order valence-electron chi connectivity index (χ4n) is 2.23. The fraction of sp³-hybridized carbons (Fsp3) is 0.118. The summed E-state index contributed by atoms with van der Waals surface area (Å²) in [5.41, 5.74) is 2.75. The first-order valence-corrected chi connectivity index (χ1v) is 7.21. The van der Waals surface area contributed by atoms with Crippen LogP contribution in [0.2, 0.25) is 0 Å². The molecular weight excluding hydrogens is 292 g/mol. The van der Waals surface area contributed by atoms with Crippen LogP contribution in [0.1, 0.15) is 21.6 Å². The SMILES string of the molecule is O=C(NCc1ccccc1CO)c1cn(-c2ccccc2)nn1. The molecule has 0 saturated heterocycles. The first-order valence-electron chi connectivity index (χ1n) is 7.21. The summed E-state index contributed by atoms with van der Waals surface area (Å²) in [5, 5.41) is 19.9. The molecule has 0 unspecified atom stereocenters. The van der Waals surface area contributed by atoms with Crippen molar-refractivity contribution in [1.82, 2.24) is 20.3 Å². The number of aliphatic hydroxyl groups excluding tert-OH is 1. The highest BCUT2D eigenvalue weighted by Gasteiger charge is 2.11. The highest BCUT2D eigenvalue weighted by molar-refractivity contribution is 5.91. The molecule has 1 heterocycles. The van der Waals surface area contributed by atoms with Crippen molar-refractivity contribution >= 4 is 5.91 Å². The molecule has 0 aliphatic rings. The second-order valence-electron chi connectivity index (χ2n) is 4.99. The monoisotopic (exact) mass is 308 g/mol. The third-order valence-electron chi connectivity index (χ3n) is 3.47. The van der Waals surface area contributed by atoms with Crippen LogP contribution in [0, 0.1) is 0 Å². The van der Waals surface area contributed by atoms with Crippen molar-refractivity contribution in [3.8, 4) is 5.69 Å². The van der Waals surface area contributed by atoms with Crippen molar-refractivity contribution in [3.05, 3.63) is 77.6 Å². The molecule has 1 aromatic heterocycles. The number of hydrogen-bond donors (Lipinski definition) is 2. The van der Waals surface area contributed by atoms with E-state index in [4.69, 9.17) is 0 Å². The largest absolute Gasteiger partial charge is 0.392 e. The molecule has 2 aromatic carbocycles. The highest BCUT2D eigenvalue weighted by atomic mass is 16.3. The van der Waals surface area contributed by atoms with E-state index in [1.807, 2.05) is 54.6 Å². The fourth-order valence-corrected chi connectivity index (χ4v) is 2.23. The number of nitrogens with zero attached hydrogens (tertiary/aromatic N) is 3. The van der Waals surface area contributed by atoms with Crippen molar-refractivity contribution in [2.45, 2.75) is 13.2 Å². The Morgan fingerprint density at radius 1 is 1.04 bits per heavy atom. The molecule has 0 saturated carbocycles. The van der Waals surface area contributed by atoms with Crippen LogP contribution in [0.25, 0.3) is 5.69 Å². The number of para-hydroxylation sites is 1. The molecule has 6 heteroatoms. The molecule has 0 aliphatic heterocycles. The molecule has 0 fully saturated rings. The Hall–Kier alpha value is -2.99. The second-order valence-corrected chi connectivity index (χ2v) is 4.99. The zero-order chi connectivity index (χ0) is 16.1. The average molecular weight is 308 g/mol. The summed E-state index contributed by atoms with van der Waals surface area (Å²) in [4.78, 5) is 12.2. The van der Waals surface area contributed by atoms with E-state index in [1.54, 1.807) is 10.9 Å². The number of amides is 1. The maximum atomic E-state index is 12.2. The zero-order valence-corrected chi connectivity index (χ0v) is 12.4. The van der Waals surface area contributed by atoms with Crippen molar-refractivity contribution in [1.29, 1.82) is 0 Å². The molecule has 3 rings (SSSR count). The molecule has 116 valence electrons. The Bertz CT molecular complexity index is 799. The summed E-state index contributed by atoms with van der Waals surface area (Å²) in [5.74, 6) is -0.306. The summed E-state index contributed by atoms with van der Waals surface area (Å²) in [6.45, 7) is 0.268. The van der Waals surface area contributed by atoms with Gasteiger partial charge in [-0.25, -0.2) is 4.68 Å². The number of aliphatic hydroxyl groups is 1. The van der Waals surface area contributed by atoms with Crippen LogP contribution in [0.15, 0.2) is 60.8 Å². The molecular formula is C17H16N4O2. The van der Waals surface area contributed by atoms with E-state index in [2.05, 4.69) is 15.6 Å². The lowest BCUT2D eigenvalue weighted by Crippen LogP contribution is -2.23. The summed E-state index contributed by atoms with van der Waals surface area (Å²) in [6, 6.07) is 16.9. The minimum absolute atomic E-state index is 0.0593. The van der Waals surface area contributed by atoms with Crippen LogP contribution in [-0.4, -0.2) is 26.0 Å². The van der Waals surface area contributed by atoms with Gasteiger partial charge in [-0.2, -0.15) is 0 Å². The number of nitrogens with one attached hydrogen (secondary N) is 1. The smallest absolute Gasteiger partial charge is 0.273 e. The molecule has 3 aromatic rings. The standard InChI is InChI=1S/C17H16N4O2/c22-12-14-7-5-4-6-13(14)10-18-17(23)16-11-21(20-19-16)15-8-2-1-3-9-15/h1-9,11,22H,10,12H2,(H,18,23). The van der Waals surface area contributed by atoms with Crippen molar-refractivity contribution in [3.63, 3.8) is 0 Å². The van der Waals surface area contributed by atoms with E-state index in [1.165, 1.54) is 0 Å². The van der Waals surface area contributed by atoms with Crippen LogP contribution in [0.5, 0.6) is 0 Å². The zero-order valence-electron chi connectivity index (χ0n) is 12.4. The van der Waals surface area contributed by atoms with Crippen LogP contribution < -0.4 is 5.32 Å². The molecule has 0 atom stereocenters. The van der Waals surface area contributed by atoms with Crippen LogP contribution in [0.3, 0.4) is 0 Å². The van der Waals surface area contributed by atoms with Gasteiger partial charge in [0, 0.05) is 6.54 Å². The molecule has 0 bridgehead atoms. The Morgan fingerprint density at radius 2 is 1.74 bits per heavy atom. The summed E-state index contributed by atoms with van der Waals surface area (Å²) in [7, 11) is 0. The van der Waals surface area contributed by atoms with Crippen molar-refractivity contribution < 1.29 is 9.90 Å². The molecule has 2 N–H and O–H groups in total. The summed E-state index contributed by atoms with van der Waals surface area (Å²) >= 11 is 0. The minimum Gasteiger partial charge on any atom is -0.392 e. The normalized spacial score (nSPS) is 10.5. The van der Waals surface area contributed by atoms with E-state index < -0.39 is 0 Å².